The molecule has 0 spiro atoms. The first kappa shape index (κ1) is 19.1. The van der Waals surface area contributed by atoms with E-state index in [1.54, 1.807) is 6.08 Å². The molecule has 0 aromatic heterocycles. The zero-order chi connectivity index (χ0) is 17.6. The van der Waals surface area contributed by atoms with Crippen LogP contribution in [0, 0.1) is 0 Å². The minimum atomic E-state index is -1.25. The predicted molar refractivity (Wildman–Crippen MR) is 79.3 cm³/mol. The summed E-state index contributed by atoms with van der Waals surface area (Å²) in [7, 11) is 0. The van der Waals surface area contributed by atoms with Crippen LogP contribution in [0.25, 0.3) is 0 Å². The third-order valence-electron chi connectivity index (χ3n) is 3.34. The Morgan fingerprint density at radius 1 is 1.22 bits per heavy atom. The fourth-order valence-electron chi connectivity index (χ4n) is 2.47. The summed E-state index contributed by atoms with van der Waals surface area (Å²) in [5.74, 6) is -1.47. The average molecular weight is 329 g/mol. The predicted octanol–water partition coefficient (Wildman–Crippen LogP) is -0.310. The molecule has 0 unspecified atom stereocenters. The van der Waals surface area contributed by atoms with Gasteiger partial charge in [0.05, 0.1) is 12.1 Å². The van der Waals surface area contributed by atoms with Crippen molar-refractivity contribution in [2.24, 2.45) is 0 Å². The lowest BCUT2D eigenvalue weighted by Gasteiger charge is -2.44. The van der Waals surface area contributed by atoms with Crippen molar-refractivity contribution in [2.45, 2.75) is 57.6 Å². The van der Waals surface area contributed by atoms with Crippen LogP contribution in [0.15, 0.2) is 12.7 Å². The number of nitrogens with one attached hydrogen (secondary N) is 1. The second-order valence-corrected chi connectivity index (χ2v) is 5.33. The van der Waals surface area contributed by atoms with Gasteiger partial charge in [0, 0.05) is 20.8 Å². The first-order chi connectivity index (χ1) is 10.8. The Morgan fingerprint density at radius 2 is 1.87 bits per heavy atom. The summed E-state index contributed by atoms with van der Waals surface area (Å²) in [4.78, 5) is 33.7. The van der Waals surface area contributed by atoms with Gasteiger partial charge in [-0.2, -0.15) is 0 Å². The average Bonchev–Trinajstić information content (AvgIpc) is 2.43. The van der Waals surface area contributed by atoms with Crippen molar-refractivity contribution in [1.29, 1.82) is 0 Å². The van der Waals surface area contributed by atoms with E-state index < -0.39 is 42.4 Å². The number of hydrogen-bond acceptors (Lipinski definition) is 7. The minimum Gasteiger partial charge on any atom is -0.463 e. The molecule has 130 valence electrons. The van der Waals surface area contributed by atoms with Gasteiger partial charge in [-0.1, -0.05) is 6.08 Å². The van der Waals surface area contributed by atoms with Crippen LogP contribution < -0.4 is 5.32 Å². The Kier molecular flexibility index (Phi) is 7.18. The third-order valence-corrected chi connectivity index (χ3v) is 3.34. The van der Waals surface area contributed by atoms with E-state index in [0.717, 1.165) is 0 Å². The SMILES string of the molecule is C=CC[C@@H]1O[C@H](COC(C)=O)[C@@H](O)[C@H](OC(C)=O)[C@@H]1NC(C)=O. The fourth-order valence-corrected chi connectivity index (χ4v) is 2.47. The van der Waals surface area contributed by atoms with Crippen molar-refractivity contribution in [3.05, 3.63) is 12.7 Å². The number of carbonyl (C=O) groups excluding carboxylic acids is 3. The lowest BCUT2D eigenvalue weighted by Crippen LogP contribution is -2.65. The molecule has 1 fully saturated rings. The molecule has 0 bridgehead atoms. The number of rotatable bonds is 6. The van der Waals surface area contributed by atoms with Crippen molar-refractivity contribution in [2.75, 3.05) is 6.61 Å². The van der Waals surface area contributed by atoms with Crippen molar-refractivity contribution >= 4 is 17.8 Å². The van der Waals surface area contributed by atoms with E-state index >= 15 is 0 Å². The highest BCUT2D eigenvalue weighted by molar-refractivity contribution is 5.73. The minimum absolute atomic E-state index is 0.186. The van der Waals surface area contributed by atoms with Gasteiger partial charge in [-0.25, -0.2) is 0 Å². The smallest absolute Gasteiger partial charge is 0.303 e. The maximum absolute atomic E-state index is 11.4. The molecule has 0 aromatic carbocycles. The molecule has 1 rings (SSSR count). The topological polar surface area (TPSA) is 111 Å². The summed E-state index contributed by atoms with van der Waals surface area (Å²) >= 11 is 0. The molecule has 0 radical (unpaired) electrons. The molecule has 0 aliphatic carbocycles. The maximum Gasteiger partial charge on any atom is 0.303 e. The Morgan fingerprint density at radius 3 is 2.35 bits per heavy atom. The number of esters is 2. The van der Waals surface area contributed by atoms with Gasteiger partial charge in [0.2, 0.25) is 5.91 Å². The quantitative estimate of drug-likeness (QED) is 0.508. The molecule has 5 atom stereocenters. The molecule has 8 nitrogen and oxygen atoms in total. The first-order valence-electron chi connectivity index (χ1n) is 7.28. The van der Waals surface area contributed by atoms with Gasteiger partial charge in [-0.05, 0) is 6.42 Å². The molecule has 0 aromatic rings. The van der Waals surface area contributed by atoms with Gasteiger partial charge in [-0.15, -0.1) is 6.58 Å². The molecular formula is C15H23NO7. The Balaban J connectivity index is 3.01. The van der Waals surface area contributed by atoms with Gasteiger partial charge in [-0.3, -0.25) is 14.4 Å². The second kappa shape index (κ2) is 8.64. The third kappa shape index (κ3) is 5.65. The van der Waals surface area contributed by atoms with Gasteiger partial charge in [0.1, 0.15) is 18.8 Å². The van der Waals surface area contributed by atoms with E-state index in [4.69, 9.17) is 14.2 Å². The number of amides is 1. The highest BCUT2D eigenvalue weighted by Gasteiger charge is 2.47. The van der Waals surface area contributed by atoms with E-state index in [1.807, 2.05) is 0 Å². The van der Waals surface area contributed by atoms with Gasteiger partial charge >= 0.3 is 11.9 Å². The number of hydrogen-bond donors (Lipinski definition) is 2. The van der Waals surface area contributed by atoms with Crippen LogP contribution in [0.2, 0.25) is 0 Å². The van der Waals surface area contributed by atoms with E-state index in [1.165, 1.54) is 20.8 Å². The normalized spacial score (nSPS) is 30.2. The first-order valence-corrected chi connectivity index (χ1v) is 7.28. The molecular weight excluding hydrogens is 306 g/mol. The molecule has 1 aliphatic rings. The summed E-state index contributed by atoms with van der Waals surface area (Å²) in [6, 6.07) is -0.738. The Labute approximate surface area is 134 Å². The van der Waals surface area contributed by atoms with Crippen molar-refractivity contribution in [3.8, 4) is 0 Å². The van der Waals surface area contributed by atoms with Gasteiger partial charge in [0.15, 0.2) is 6.10 Å². The largest absolute Gasteiger partial charge is 0.463 e. The summed E-state index contributed by atoms with van der Waals surface area (Å²) in [6.45, 7) is 7.19. The molecule has 2 N–H and O–H groups in total. The molecule has 1 aliphatic heterocycles. The van der Waals surface area contributed by atoms with Crippen molar-refractivity contribution in [1.82, 2.24) is 5.32 Å². The molecule has 0 saturated carbocycles. The fraction of sp³-hybridized carbons (Fsp3) is 0.667. The summed E-state index contributed by atoms with van der Waals surface area (Å²) in [5.41, 5.74) is 0. The van der Waals surface area contributed by atoms with Gasteiger partial charge in [0.25, 0.3) is 0 Å². The van der Waals surface area contributed by atoms with E-state index in [0.29, 0.717) is 6.42 Å². The second-order valence-electron chi connectivity index (χ2n) is 5.33. The zero-order valence-electron chi connectivity index (χ0n) is 13.5. The van der Waals surface area contributed by atoms with Crippen LogP contribution in [0.5, 0.6) is 0 Å². The summed E-state index contributed by atoms with van der Waals surface area (Å²) in [5, 5.41) is 13.0. The maximum atomic E-state index is 11.4. The van der Waals surface area contributed by atoms with Crippen LogP contribution in [-0.4, -0.2) is 60.0 Å². The van der Waals surface area contributed by atoms with Crippen LogP contribution in [0.4, 0.5) is 0 Å². The summed E-state index contributed by atoms with van der Waals surface area (Å²) in [6.07, 6.45) is -1.79. The van der Waals surface area contributed by atoms with E-state index in [9.17, 15) is 19.5 Å². The number of aliphatic hydroxyl groups is 1. The molecule has 1 heterocycles. The summed E-state index contributed by atoms with van der Waals surface area (Å²) < 4.78 is 15.8. The lowest BCUT2D eigenvalue weighted by molar-refractivity contribution is -0.212. The van der Waals surface area contributed by atoms with Crippen LogP contribution >= 0.6 is 0 Å². The van der Waals surface area contributed by atoms with Crippen LogP contribution in [-0.2, 0) is 28.6 Å². The zero-order valence-corrected chi connectivity index (χ0v) is 13.5. The molecule has 8 heteroatoms. The van der Waals surface area contributed by atoms with E-state index in [2.05, 4.69) is 11.9 Å². The molecule has 1 saturated heterocycles. The monoisotopic (exact) mass is 329 g/mol. The molecule has 23 heavy (non-hydrogen) atoms. The Bertz CT molecular complexity index is 465. The Hall–Kier alpha value is -1.93. The highest BCUT2D eigenvalue weighted by Crippen LogP contribution is 2.26. The molecule has 1 amide bonds. The lowest BCUT2D eigenvalue weighted by atomic mass is 9.90. The van der Waals surface area contributed by atoms with Crippen LogP contribution in [0.1, 0.15) is 27.2 Å². The van der Waals surface area contributed by atoms with Crippen molar-refractivity contribution < 1.29 is 33.7 Å². The van der Waals surface area contributed by atoms with Gasteiger partial charge < -0.3 is 24.6 Å². The van der Waals surface area contributed by atoms with Crippen molar-refractivity contribution in [3.63, 3.8) is 0 Å². The number of ether oxygens (including phenoxy) is 3. The number of carbonyl (C=O) groups is 3. The highest BCUT2D eigenvalue weighted by atomic mass is 16.6. The standard InChI is InChI=1S/C15H23NO7/c1-5-6-11-13(16-8(2)17)15(22-10(4)19)14(20)12(23-11)7-21-9(3)18/h5,11-15,20H,1,6-7H2,2-4H3,(H,16,17)/t11-,12+,13+,14+,15+/m0/s1. The number of aliphatic hydroxyl groups excluding tert-OH is 1. The van der Waals surface area contributed by atoms with E-state index in [-0.39, 0.29) is 12.5 Å². The van der Waals surface area contributed by atoms with Crippen LogP contribution in [0.3, 0.4) is 0 Å².